The van der Waals surface area contributed by atoms with Crippen LogP contribution in [0.2, 0.25) is 0 Å². The van der Waals surface area contributed by atoms with Gasteiger partial charge in [-0.1, -0.05) is 20.3 Å². The summed E-state index contributed by atoms with van der Waals surface area (Å²) >= 11 is 0. The lowest BCUT2D eigenvalue weighted by molar-refractivity contribution is 0.482. The highest BCUT2D eigenvalue weighted by Crippen LogP contribution is 2.25. The van der Waals surface area contributed by atoms with Gasteiger partial charge in [-0.3, -0.25) is 0 Å². The minimum Gasteiger partial charge on any atom is -0.218 e. The molecule has 0 bridgehead atoms. The Balaban J connectivity index is 4.75. The third-order valence-corrected chi connectivity index (χ3v) is 4.77. The van der Waals surface area contributed by atoms with Crippen molar-refractivity contribution in [2.45, 2.75) is 44.8 Å². The molecule has 0 amide bonds. The first-order chi connectivity index (χ1) is 5.43. The maximum Gasteiger partial charge on any atom is 0.216 e. The summed E-state index contributed by atoms with van der Waals surface area (Å²) in [5.41, 5.74) is 0. The van der Waals surface area contributed by atoms with Crippen molar-refractivity contribution in [1.82, 2.24) is 4.72 Å². The third kappa shape index (κ3) is 2.20. The zero-order valence-electron chi connectivity index (χ0n) is 8.35. The molecule has 74 valence electrons. The SMILES string of the molecule is CCCC(C)(CC)S(=O)(=O)NC. The quantitative estimate of drug-likeness (QED) is 0.719. The lowest BCUT2D eigenvalue weighted by atomic mass is 10.0. The molecule has 0 rings (SSSR count). The third-order valence-electron chi connectivity index (χ3n) is 2.44. The molecule has 0 radical (unpaired) electrons. The molecule has 0 aromatic heterocycles. The Labute approximate surface area is 75.6 Å². The van der Waals surface area contributed by atoms with E-state index in [1.807, 2.05) is 13.8 Å². The molecule has 0 aromatic carbocycles. The molecule has 0 aliphatic heterocycles. The van der Waals surface area contributed by atoms with Crippen LogP contribution < -0.4 is 4.72 Å². The number of rotatable bonds is 5. The van der Waals surface area contributed by atoms with Crippen LogP contribution in [0.15, 0.2) is 0 Å². The molecule has 0 fully saturated rings. The van der Waals surface area contributed by atoms with Gasteiger partial charge in [0.2, 0.25) is 10.0 Å². The van der Waals surface area contributed by atoms with E-state index < -0.39 is 14.8 Å². The monoisotopic (exact) mass is 193 g/mol. The molecular formula is C8H19NO2S. The van der Waals surface area contributed by atoms with Crippen LogP contribution in [-0.2, 0) is 10.0 Å². The zero-order valence-corrected chi connectivity index (χ0v) is 9.16. The van der Waals surface area contributed by atoms with Gasteiger partial charge in [-0.05, 0) is 26.8 Å². The highest BCUT2D eigenvalue weighted by Gasteiger charge is 2.35. The highest BCUT2D eigenvalue weighted by molar-refractivity contribution is 7.90. The van der Waals surface area contributed by atoms with Crippen LogP contribution in [0.3, 0.4) is 0 Å². The molecule has 12 heavy (non-hydrogen) atoms. The summed E-state index contributed by atoms with van der Waals surface area (Å²) in [5, 5.41) is 0. The van der Waals surface area contributed by atoms with E-state index in [4.69, 9.17) is 0 Å². The summed E-state index contributed by atoms with van der Waals surface area (Å²) in [6.07, 6.45) is 2.27. The minimum absolute atomic E-state index is 0.601. The molecule has 0 aliphatic carbocycles. The van der Waals surface area contributed by atoms with E-state index in [0.29, 0.717) is 12.8 Å². The van der Waals surface area contributed by atoms with Crippen molar-refractivity contribution in [3.8, 4) is 0 Å². The van der Waals surface area contributed by atoms with E-state index in [9.17, 15) is 8.42 Å². The highest BCUT2D eigenvalue weighted by atomic mass is 32.2. The van der Waals surface area contributed by atoms with E-state index in [2.05, 4.69) is 4.72 Å². The molecule has 0 aliphatic rings. The van der Waals surface area contributed by atoms with E-state index in [1.54, 1.807) is 6.92 Å². The van der Waals surface area contributed by atoms with Crippen LogP contribution >= 0.6 is 0 Å². The molecule has 4 heteroatoms. The van der Waals surface area contributed by atoms with Gasteiger partial charge in [0.15, 0.2) is 0 Å². The second-order valence-electron chi connectivity index (χ2n) is 3.26. The Morgan fingerprint density at radius 1 is 1.33 bits per heavy atom. The Bertz CT molecular complexity index is 223. The maximum atomic E-state index is 11.5. The average Bonchev–Trinajstić information content (AvgIpc) is 2.04. The van der Waals surface area contributed by atoms with Crippen molar-refractivity contribution in [3.05, 3.63) is 0 Å². The fraction of sp³-hybridized carbons (Fsp3) is 1.00. The first-order valence-electron chi connectivity index (χ1n) is 4.36. The molecule has 0 heterocycles. The number of nitrogens with one attached hydrogen (secondary N) is 1. The molecule has 3 nitrogen and oxygen atoms in total. The molecule has 1 atom stereocenters. The van der Waals surface area contributed by atoms with Crippen LogP contribution in [-0.4, -0.2) is 20.2 Å². The summed E-state index contributed by atoms with van der Waals surface area (Å²) in [7, 11) is -1.65. The lowest BCUT2D eigenvalue weighted by Gasteiger charge is -2.26. The minimum atomic E-state index is -3.12. The van der Waals surface area contributed by atoms with Gasteiger partial charge < -0.3 is 0 Å². The summed E-state index contributed by atoms with van der Waals surface area (Å²) in [4.78, 5) is 0. The number of hydrogen-bond donors (Lipinski definition) is 1. The van der Waals surface area contributed by atoms with Crippen molar-refractivity contribution >= 4 is 10.0 Å². The Hall–Kier alpha value is -0.0900. The van der Waals surface area contributed by atoms with Crippen molar-refractivity contribution in [2.75, 3.05) is 7.05 Å². The normalized spacial score (nSPS) is 17.3. The molecule has 0 saturated heterocycles. The van der Waals surface area contributed by atoms with Gasteiger partial charge in [-0.25, -0.2) is 13.1 Å². The summed E-state index contributed by atoms with van der Waals surface area (Å²) in [6, 6.07) is 0. The van der Waals surface area contributed by atoms with Crippen molar-refractivity contribution in [2.24, 2.45) is 0 Å². The van der Waals surface area contributed by atoms with Gasteiger partial charge in [-0.15, -0.1) is 0 Å². The van der Waals surface area contributed by atoms with Crippen molar-refractivity contribution < 1.29 is 8.42 Å². The van der Waals surface area contributed by atoms with E-state index in [-0.39, 0.29) is 0 Å². The Kier molecular flexibility index (Phi) is 4.20. The number of sulfonamides is 1. The standard InChI is InChI=1S/C8H19NO2S/c1-5-7-8(3,6-2)12(10,11)9-4/h9H,5-7H2,1-4H3. The number of hydrogen-bond acceptors (Lipinski definition) is 2. The van der Waals surface area contributed by atoms with Crippen LogP contribution in [0.5, 0.6) is 0 Å². The smallest absolute Gasteiger partial charge is 0.216 e. The van der Waals surface area contributed by atoms with Gasteiger partial charge >= 0.3 is 0 Å². The first-order valence-corrected chi connectivity index (χ1v) is 5.85. The van der Waals surface area contributed by atoms with Gasteiger partial charge in [0.05, 0.1) is 4.75 Å². The predicted molar refractivity (Wildman–Crippen MR) is 51.6 cm³/mol. The van der Waals surface area contributed by atoms with Gasteiger partial charge in [0.1, 0.15) is 0 Å². The van der Waals surface area contributed by atoms with Gasteiger partial charge in [0, 0.05) is 0 Å². The Morgan fingerprint density at radius 2 is 1.83 bits per heavy atom. The van der Waals surface area contributed by atoms with Gasteiger partial charge in [0.25, 0.3) is 0 Å². The molecule has 0 spiro atoms. The summed E-state index contributed by atoms with van der Waals surface area (Å²) in [5.74, 6) is 0. The van der Waals surface area contributed by atoms with Crippen molar-refractivity contribution in [3.63, 3.8) is 0 Å². The van der Waals surface area contributed by atoms with E-state index in [0.717, 1.165) is 6.42 Å². The molecule has 1 unspecified atom stereocenters. The molecule has 0 saturated carbocycles. The lowest BCUT2D eigenvalue weighted by Crippen LogP contribution is -2.41. The molecule has 1 N–H and O–H groups in total. The largest absolute Gasteiger partial charge is 0.218 e. The van der Waals surface area contributed by atoms with Crippen LogP contribution in [0.1, 0.15) is 40.0 Å². The average molecular weight is 193 g/mol. The van der Waals surface area contributed by atoms with Crippen molar-refractivity contribution in [1.29, 1.82) is 0 Å². The summed E-state index contributed by atoms with van der Waals surface area (Å²) < 4.78 is 24.9. The predicted octanol–water partition coefficient (Wildman–Crippen LogP) is 1.50. The summed E-state index contributed by atoms with van der Waals surface area (Å²) in [6.45, 7) is 5.70. The van der Waals surface area contributed by atoms with Crippen LogP contribution in [0.25, 0.3) is 0 Å². The van der Waals surface area contributed by atoms with Gasteiger partial charge in [-0.2, -0.15) is 0 Å². The first kappa shape index (κ1) is 11.9. The topological polar surface area (TPSA) is 46.2 Å². The molecular weight excluding hydrogens is 174 g/mol. The zero-order chi connectivity index (χ0) is 9.83. The maximum absolute atomic E-state index is 11.5. The second kappa shape index (κ2) is 4.23. The second-order valence-corrected chi connectivity index (χ2v) is 5.66. The van der Waals surface area contributed by atoms with Crippen LogP contribution in [0.4, 0.5) is 0 Å². The van der Waals surface area contributed by atoms with E-state index >= 15 is 0 Å². The van der Waals surface area contributed by atoms with Crippen LogP contribution in [0, 0.1) is 0 Å². The van der Waals surface area contributed by atoms with E-state index in [1.165, 1.54) is 7.05 Å². The molecule has 0 aromatic rings. The Morgan fingerprint density at radius 3 is 2.08 bits per heavy atom. The fourth-order valence-electron chi connectivity index (χ4n) is 1.28. The fourth-order valence-corrected chi connectivity index (χ4v) is 2.62.